The number of thioether (sulfide) groups is 1. The summed E-state index contributed by atoms with van der Waals surface area (Å²) in [6.07, 6.45) is 3.54. The van der Waals surface area contributed by atoms with Gasteiger partial charge in [0.1, 0.15) is 12.4 Å². The Bertz CT molecular complexity index is 1460. The third-order valence-corrected chi connectivity index (χ3v) is 6.28. The Labute approximate surface area is 198 Å². The molecular weight excluding hydrogens is 453 g/mol. The molecule has 0 unspecified atom stereocenters. The van der Waals surface area contributed by atoms with Crippen LogP contribution in [-0.4, -0.2) is 33.1 Å². The van der Waals surface area contributed by atoms with E-state index in [0.29, 0.717) is 5.69 Å². The topological polar surface area (TPSA) is 71.4 Å². The Morgan fingerprint density at radius 2 is 1.71 bits per heavy atom. The lowest BCUT2D eigenvalue weighted by Crippen LogP contribution is -2.36. The number of benzene rings is 3. The monoisotopic (exact) mass is 471 g/mol. The van der Waals surface area contributed by atoms with Gasteiger partial charge in [0.05, 0.1) is 4.91 Å². The summed E-state index contributed by atoms with van der Waals surface area (Å²) in [6.45, 7) is -0.426. The molecule has 4 aromatic rings. The SMILES string of the molecule is O=C(CN1C(=O)S/C(=C\c2cccn2-c2ccc3ccccc3c2)C1=O)Nc1ccc(F)cc1. The van der Waals surface area contributed by atoms with Crippen molar-refractivity contribution < 1.29 is 18.8 Å². The number of carbonyl (C=O) groups excluding carboxylic acids is 3. The fraction of sp³-hybridized carbons (Fsp3) is 0.0385. The maximum atomic E-state index is 13.0. The number of nitrogens with zero attached hydrogens (tertiary/aromatic N) is 2. The molecule has 34 heavy (non-hydrogen) atoms. The van der Waals surface area contributed by atoms with Crippen LogP contribution in [0.15, 0.2) is 90.0 Å². The van der Waals surface area contributed by atoms with Crippen LogP contribution in [0.4, 0.5) is 14.9 Å². The number of halogens is 1. The van der Waals surface area contributed by atoms with Gasteiger partial charge in [-0.05, 0) is 77.1 Å². The molecule has 1 aliphatic heterocycles. The van der Waals surface area contributed by atoms with E-state index in [9.17, 15) is 18.8 Å². The Morgan fingerprint density at radius 1 is 0.941 bits per heavy atom. The highest BCUT2D eigenvalue weighted by molar-refractivity contribution is 8.18. The van der Waals surface area contributed by atoms with Crippen molar-refractivity contribution in [2.45, 2.75) is 0 Å². The van der Waals surface area contributed by atoms with Gasteiger partial charge in [0.15, 0.2) is 0 Å². The molecule has 1 fully saturated rings. The first kappa shape index (κ1) is 21.7. The van der Waals surface area contributed by atoms with Crippen LogP contribution in [0, 0.1) is 5.82 Å². The predicted molar refractivity (Wildman–Crippen MR) is 131 cm³/mol. The third kappa shape index (κ3) is 4.35. The molecule has 2 heterocycles. The summed E-state index contributed by atoms with van der Waals surface area (Å²) < 4.78 is 15.0. The van der Waals surface area contributed by atoms with Crippen molar-refractivity contribution in [1.29, 1.82) is 0 Å². The van der Waals surface area contributed by atoms with Crippen LogP contribution < -0.4 is 5.32 Å². The summed E-state index contributed by atoms with van der Waals surface area (Å²) in [5.41, 5.74) is 2.03. The number of hydrogen-bond acceptors (Lipinski definition) is 4. The van der Waals surface area contributed by atoms with E-state index in [1.165, 1.54) is 24.3 Å². The van der Waals surface area contributed by atoms with Crippen LogP contribution >= 0.6 is 11.8 Å². The second-order valence-electron chi connectivity index (χ2n) is 7.66. The zero-order valence-corrected chi connectivity index (χ0v) is 18.6. The minimum absolute atomic E-state index is 0.236. The molecule has 0 saturated carbocycles. The fourth-order valence-electron chi connectivity index (χ4n) is 3.72. The Kier molecular flexibility index (Phi) is 5.73. The number of amides is 3. The molecule has 168 valence electrons. The first-order valence-electron chi connectivity index (χ1n) is 10.5. The lowest BCUT2D eigenvalue weighted by molar-refractivity contribution is -0.127. The summed E-state index contributed by atoms with van der Waals surface area (Å²) >= 11 is 0.792. The molecule has 0 atom stereocenters. The second-order valence-corrected chi connectivity index (χ2v) is 8.65. The van der Waals surface area contributed by atoms with E-state index in [1.807, 2.05) is 59.3 Å². The van der Waals surface area contributed by atoms with Gasteiger partial charge in [-0.3, -0.25) is 19.3 Å². The lowest BCUT2D eigenvalue weighted by atomic mass is 10.1. The van der Waals surface area contributed by atoms with Crippen LogP contribution in [0.3, 0.4) is 0 Å². The van der Waals surface area contributed by atoms with E-state index >= 15 is 0 Å². The van der Waals surface area contributed by atoms with Gasteiger partial charge in [-0.15, -0.1) is 0 Å². The molecule has 5 rings (SSSR count). The minimum atomic E-state index is -0.547. The summed E-state index contributed by atoms with van der Waals surface area (Å²) in [5, 5.41) is 4.25. The van der Waals surface area contributed by atoms with Crippen LogP contribution in [-0.2, 0) is 9.59 Å². The van der Waals surface area contributed by atoms with Gasteiger partial charge in [-0.1, -0.05) is 30.3 Å². The molecule has 8 heteroatoms. The van der Waals surface area contributed by atoms with Crippen molar-refractivity contribution in [3.63, 3.8) is 0 Å². The Balaban J connectivity index is 1.34. The Hall–Kier alpha value is -4.17. The fourth-order valence-corrected chi connectivity index (χ4v) is 4.54. The zero-order valence-electron chi connectivity index (χ0n) is 17.8. The number of nitrogens with one attached hydrogen (secondary N) is 1. The molecule has 0 spiro atoms. The van der Waals surface area contributed by atoms with Crippen molar-refractivity contribution in [3.05, 3.63) is 101 Å². The molecule has 0 radical (unpaired) electrons. The third-order valence-electron chi connectivity index (χ3n) is 5.37. The van der Waals surface area contributed by atoms with E-state index in [2.05, 4.69) is 11.4 Å². The van der Waals surface area contributed by atoms with Gasteiger partial charge >= 0.3 is 0 Å². The van der Waals surface area contributed by atoms with E-state index in [-0.39, 0.29) is 4.91 Å². The molecule has 1 aliphatic rings. The smallest absolute Gasteiger partial charge is 0.294 e. The number of rotatable bonds is 5. The molecule has 0 bridgehead atoms. The number of fused-ring (bicyclic) bond motifs is 1. The first-order valence-corrected chi connectivity index (χ1v) is 11.3. The average Bonchev–Trinajstić information content (AvgIpc) is 3.40. The molecule has 1 saturated heterocycles. The van der Waals surface area contributed by atoms with E-state index in [4.69, 9.17) is 0 Å². The molecule has 0 aliphatic carbocycles. The van der Waals surface area contributed by atoms with Gasteiger partial charge in [0.25, 0.3) is 11.1 Å². The van der Waals surface area contributed by atoms with Gasteiger partial charge in [-0.25, -0.2) is 4.39 Å². The highest BCUT2D eigenvalue weighted by atomic mass is 32.2. The molecule has 6 nitrogen and oxygen atoms in total. The molecule has 3 aromatic carbocycles. The quantitative estimate of drug-likeness (QED) is 0.393. The van der Waals surface area contributed by atoms with E-state index in [0.717, 1.165) is 38.8 Å². The second kappa shape index (κ2) is 8.99. The minimum Gasteiger partial charge on any atom is -0.325 e. The predicted octanol–water partition coefficient (Wildman–Crippen LogP) is 5.44. The average molecular weight is 472 g/mol. The Morgan fingerprint density at radius 3 is 2.50 bits per heavy atom. The number of aromatic nitrogens is 1. The molecule has 1 aromatic heterocycles. The van der Waals surface area contributed by atoms with Crippen LogP contribution in [0.2, 0.25) is 0 Å². The van der Waals surface area contributed by atoms with E-state index < -0.39 is 29.4 Å². The van der Waals surface area contributed by atoms with Crippen molar-refractivity contribution in [2.75, 3.05) is 11.9 Å². The zero-order chi connectivity index (χ0) is 23.7. The number of anilines is 1. The molecule has 1 N–H and O–H groups in total. The van der Waals surface area contributed by atoms with Gasteiger partial charge in [0.2, 0.25) is 5.91 Å². The summed E-state index contributed by atoms with van der Waals surface area (Å²) in [5.74, 6) is -1.51. The van der Waals surface area contributed by atoms with Crippen LogP contribution in [0.1, 0.15) is 5.69 Å². The summed E-state index contributed by atoms with van der Waals surface area (Å²) in [7, 11) is 0. The van der Waals surface area contributed by atoms with Crippen molar-refractivity contribution >= 4 is 51.4 Å². The first-order chi connectivity index (χ1) is 16.5. The summed E-state index contributed by atoms with van der Waals surface area (Å²) in [4.78, 5) is 38.8. The number of carbonyl (C=O) groups is 3. The molecular formula is C26H18FN3O3S. The van der Waals surface area contributed by atoms with Gasteiger partial charge in [-0.2, -0.15) is 0 Å². The van der Waals surface area contributed by atoms with Crippen LogP contribution in [0.25, 0.3) is 22.5 Å². The number of hydrogen-bond donors (Lipinski definition) is 1. The normalized spacial score (nSPS) is 14.9. The summed E-state index contributed by atoms with van der Waals surface area (Å²) in [6, 6.07) is 23.1. The largest absolute Gasteiger partial charge is 0.325 e. The standard InChI is InChI=1S/C26H18FN3O3S/c27-19-8-10-20(11-9-19)28-24(31)16-30-25(32)23(34-26(30)33)15-21-6-3-13-29(21)22-12-7-17-4-1-2-5-18(17)14-22/h1-15H,16H2,(H,28,31)/b23-15-. The van der Waals surface area contributed by atoms with Crippen molar-refractivity contribution in [2.24, 2.45) is 0 Å². The van der Waals surface area contributed by atoms with Gasteiger partial charge < -0.3 is 9.88 Å². The van der Waals surface area contributed by atoms with Crippen molar-refractivity contribution in [1.82, 2.24) is 9.47 Å². The lowest BCUT2D eigenvalue weighted by Gasteiger charge is -2.12. The molecule has 3 amide bonds. The van der Waals surface area contributed by atoms with Crippen molar-refractivity contribution in [3.8, 4) is 5.69 Å². The maximum absolute atomic E-state index is 13.0. The maximum Gasteiger partial charge on any atom is 0.294 e. The number of imide groups is 1. The van der Waals surface area contributed by atoms with Crippen LogP contribution in [0.5, 0.6) is 0 Å². The highest BCUT2D eigenvalue weighted by Gasteiger charge is 2.36. The highest BCUT2D eigenvalue weighted by Crippen LogP contribution is 2.33. The van der Waals surface area contributed by atoms with Gasteiger partial charge in [0, 0.05) is 23.3 Å². The van der Waals surface area contributed by atoms with E-state index in [1.54, 1.807) is 6.08 Å².